The number of amides is 2. The van der Waals surface area contributed by atoms with Gasteiger partial charge in [0, 0.05) is 39.0 Å². The third-order valence-corrected chi connectivity index (χ3v) is 7.33. The molecule has 9 nitrogen and oxygen atoms in total. The van der Waals surface area contributed by atoms with Gasteiger partial charge in [0.1, 0.15) is 0 Å². The zero-order valence-corrected chi connectivity index (χ0v) is 19.2. The molecule has 10 heteroatoms. The van der Waals surface area contributed by atoms with E-state index in [4.69, 9.17) is 4.74 Å². The van der Waals surface area contributed by atoms with Crippen molar-refractivity contribution in [2.24, 2.45) is 0 Å². The van der Waals surface area contributed by atoms with Gasteiger partial charge in [0.2, 0.25) is 21.8 Å². The fourth-order valence-corrected chi connectivity index (χ4v) is 5.02. The van der Waals surface area contributed by atoms with Gasteiger partial charge in [-0.2, -0.15) is 4.31 Å². The van der Waals surface area contributed by atoms with Crippen LogP contribution < -0.4 is 5.32 Å². The Bertz CT molecular complexity index is 1070. The summed E-state index contributed by atoms with van der Waals surface area (Å²) >= 11 is 0. The zero-order valence-electron chi connectivity index (χ0n) is 18.3. The summed E-state index contributed by atoms with van der Waals surface area (Å²) in [5.74, 6) is -1.29. The fraction of sp³-hybridized carbons (Fsp3) is 0.348. The predicted octanol–water partition coefficient (Wildman–Crippen LogP) is 1.33. The van der Waals surface area contributed by atoms with E-state index >= 15 is 0 Å². The number of nitrogens with zero attached hydrogens (tertiary/aromatic N) is 2. The topological polar surface area (TPSA) is 113 Å². The molecule has 176 valence electrons. The van der Waals surface area contributed by atoms with Gasteiger partial charge in [-0.3, -0.25) is 9.59 Å². The van der Waals surface area contributed by atoms with Crippen LogP contribution in [0.3, 0.4) is 0 Å². The first-order chi connectivity index (χ1) is 15.8. The van der Waals surface area contributed by atoms with E-state index in [1.165, 1.54) is 11.4 Å². The van der Waals surface area contributed by atoms with Crippen molar-refractivity contribution >= 4 is 27.8 Å². The minimum atomic E-state index is -3.60. The number of rotatable bonds is 8. The lowest BCUT2D eigenvalue weighted by Crippen LogP contribution is -2.50. The second-order valence-corrected chi connectivity index (χ2v) is 9.47. The fourth-order valence-electron chi connectivity index (χ4n) is 3.57. The molecule has 0 bridgehead atoms. The van der Waals surface area contributed by atoms with E-state index in [-0.39, 0.29) is 49.8 Å². The molecule has 33 heavy (non-hydrogen) atoms. The number of nitrogens with one attached hydrogen (secondary N) is 1. The standard InChI is InChI=1S/C23H27N3O6S/c1-32-23(29)22(18-8-4-2-5-9-18)24-20(27)12-13-21(28)25-14-16-26(17-15-25)33(30,31)19-10-6-3-7-11-19/h2-11,22H,12-17H2,1H3,(H,24,27). The van der Waals surface area contributed by atoms with E-state index in [0.717, 1.165) is 0 Å². The molecule has 0 saturated carbocycles. The van der Waals surface area contributed by atoms with Crippen LogP contribution in [0.1, 0.15) is 24.4 Å². The molecule has 0 radical (unpaired) electrons. The van der Waals surface area contributed by atoms with Crippen molar-refractivity contribution < 1.29 is 27.5 Å². The molecular formula is C23H27N3O6S. The van der Waals surface area contributed by atoms with E-state index in [0.29, 0.717) is 5.56 Å². The summed E-state index contributed by atoms with van der Waals surface area (Å²) in [5.41, 5.74) is 0.583. The lowest BCUT2D eigenvalue weighted by molar-refractivity contribution is -0.145. The summed E-state index contributed by atoms with van der Waals surface area (Å²) in [7, 11) is -2.36. The maximum atomic E-state index is 12.7. The highest BCUT2D eigenvalue weighted by molar-refractivity contribution is 7.89. The largest absolute Gasteiger partial charge is 0.467 e. The average molecular weight is 474 g/mol. The number of hydrogen-bond acceptors (Lipinski definition) is 6. The third-order valence-electron chi connectivity index (χ3n) is 5.41. The molecule has 2 amide bonds. The van der Waals surface area contributed by atoms with Crippen molar-refractivity contribution in [3.8, 4) is 0 Å². The molecule has 1 aliphatic rings. The van der Waals surface area contributed by atoms with E-state index in [9.17, 15) is 22.8 Å². The van der Waals surface area contributed by atoms with Crippen LogP contribution in [0.25, 0.3) is 0 Å². The number of ether oxygens (including phenoxy) is 1. The molecule has 1 aliphatic heterocycles. The minimum Gasteiger partial charge on any atom is -0.467 e. The number of benzene rings is 2. The van der Waals surface area contributed by atoms with E-state index in [2.05, 4.69) is 5.32 Å². The Morgan fingerprint density at radius 1 is 0.909 bits per heavy atom. The maximum Gasteiger partial charge on any atom is 0.333 e. The van der Waals surface area contributed by atoms with Crippen LogP contribution in [0, 0.1) is 0 Å². The van der Waals surface area contributed by atoms with Crippen molar-refractivity contribution in [1.82, 2.24) is 14.5 Å². The Hall–Kier alpha value is -3.24. The van der Waals surface area contributed by atoms with Gasteiger partial charge in [-0.1, -0.05) is 48.5 Å². The summed E-state index contributed by atoms with van der Waals surface area (Å²) in [6.07, 6.45) is -0.137. The van der Waals surface area contributed by atoms with Gasteiger partial charge in [-0.05, 0) is 17.7 Å². The molecule has 1 N–H and O–H groups in total. The first-order valence-corrected chi connectivity index (χ1v) is 12.0. The lowest BCUT2D eigenvalue weighted by Gasteiger charge is -2.34. The van der Waals surface area contributed by atoms with Crippen LogP contribution in [0.15, 0.2) is 65.6 Å². The third kappa shape index (κ3) is 6.17. The normalized spacial score (nSPS) is 15.5. The summed E-state index contributed by atoms with van der Waals surface area (Å²) in [6, 6.07) is 15.9. The monoisotopic (exact) mass is 473 g/mol. The van der Waals surface area contributed by atoms with Gasteiger partial charge in [-0.25, -0.2) is 13.2 Å². The highest BCUT2D eigenvalue weighted by Gasteiger charge is 2.30. The van der Waals surface area contributed by atoms with Gasteiger partial charge in [0.05, 0.1) is 12.0 Å². The number of carbonyl (C=O) groups excluding carboxylic acids is 3. The van der Waals surface area contributed by atoms with E-state index in [1.54, 1.807) is 65.6 Å². The summed E-state index contributed by atoms with van der Waals surface area (Å²) in [6.45, 7) is 0.879. The smallest absolute Gasteiger partial charge is 0.333 e. The van der Waals surface area contributed by atoms with Crippen molar-refractivity contribution in [2.45, 2.75) is 23.8 Å². The quantitative estimate of drug-likeness (QED) is 0.579. The average Bonchev–Trinajstić information content (AvgIpc) is 2.86. The number of piperazine rings is 1. The first-order valence-electron chi connectivity index (χ1n) is 10.6. The molecule has 0 aliphatic carbocycles. The second-order valence-electron chi connectivity index (χ2n) is 7.53. The Morgan fingerprint density at radius 3 is 2.06 bits per heavy atom. The van der Waals surface area contributed by atoms with Crippen LogP contribution in [-0.4, -0.2) is 68.7 Å². The van der Waals surface area contributed by atoms with Crippen molar-refractivity contribution in [2.75, 3.05) is 33.3 Å². The maximum absolute atomic E-state index is 12.7. The van der Waals surface area contributed by atoms with Gasteiger partial charge < -0.3 is 15.0 Å². The SMILES string of the molecule is COC(=O)C(NC(=O)CCC(=O)N1CCN(S(=O)(=O)c2ccccc2)CC1)c1ccccc1. The number of methoxy groups -OCH3 is 1. The molecule has 0 aromatic heterocycles. The van der Waals surface area contributed by atoms with Crippen LogP contribution in [0.5, 0.6) is 0 Å². The minimum absolute atomic E-state index is 0.0417. The zero-order chi connectivity index (χ0) is 23.8. The van der Waals surface area contributed by atoms with Crippen LogP contribution >= 0.6 is 0 Å². The number of hydrogen-bond donors (Lipinski definition) is 1. The van der Waals surface area contributed by atoms with Gasteiger partial charge >= 0.3 is 5.97 Å². The van der Waals surface area contributed by atoms with Crippen molar-refractivity contribution in [3.05, 3.63) is 66.2 Å². The summed E-state index contributed by atoms with van der Waals surface area (Å²) < 4.78 is 31.6. The predicted molar refractivity (Wildman–Crippen MR) is 120 cm³/mol. The molecule has 1 fully saturated rings. The molecule has 2 aromatic carbocycles. The molecule has 1 heterocycles. The molecule has 0 spiro atoms. The molecule has 2 aromatic rings. The van der Waals surface area contributed by atoms with Gasteiger partial charge in [0.15, 0.2) is 6.04 Å². The second kappa shape index (κ2) is 11.1. The van der Waals surface area contributed by atoms with Gasteiger partial charge in [0.25, 0.3) is 0 Å². The molecule has 3 rings (SSSR count). The Labute approximate surface area is 193 Å². The summed E-state index contributed by atoms with van der Waals surface area (Å²) in [4.78, 5) is 38.8. The Morgan fingerprint density at radius 2 is 1.48 bits per heavy atom. The lowest BCUT2D eigenvalue weighted by atomic mass is 10.1. The van der Waals surface area contributed by atoms with Crippen molar-refractivity contribution in [1.29, 1.82) is 0 Å². The molecule has 1 saturated heterocycles. The van der Waals surface area contributed by atoms with E-state index < -0.39 is 27.9 Å². The Balaban J connectivity index is 1.50. The van der Waals surface area contributed by atoms with Gasteiger partial charge in [-0.15, -0.1) is 0 Å². The van der Waals surface area contributed by atoms with Crippen LogP contribution in [-0.2, 0) is 29.1 Å². The van der Waals surface area contributed by atoms with Crippen molar-refractivity contribution in [3.63, 3.8) is 0 Å². The molecule has 1 unspecified atom stereocenters. The summed E-state index contributed by atoms with van der Waals surface area (Å²) in [5, 5.41) is 2.62. The number of carbonyl (C=O) groups is 3. The Kier molecular flexibility index (Phi) is 8.18. The number of esters is 1. The first kappa shape index (κ1) is 24.4. The van der Waals surface area contributed by atoms with E-state index in [1.807, 2.05) is 0 Å². The van der Waals surface area contributed by atoms with Crippen LogP contribution in [0.4, 0.5) is 0 Å². The van der Waals surface area contributed by atoms with Crippen LogP contribution in [0.2, 0.25) is 0 Å². The number of sulfonamides is 1. The molecule has 1 atom stereocenters. The molecular weight excluding hydrogens is 446 g/mol. The highest BCUT2D eigenvalue weighted by Crippen LogP contribution is 2.18. The highest BCUT2D eigenvalue weighted by atomic mass is 32.2.